The lowest BCUT2D eigenvalue weighted by Crippen LogP contribution is -2.10. The number of hydrogen-bond acceptors (Lipinski definition) is 3. The van der Waals surface area contributed by atoms with Gasteiger partial charge in [0.25, 0.3) is 0 Å². The van der Waals surface area contributed by atoms with Crippen molar-refractivity contribution in [1.29, 1.82) is 0 Å². The molecule has 0 unspecified atom stereocenters. The molecule has 0 saturated heterocycles. The Morgan fingerprint density at radius 2 is 0.724 bits per heavy atom. The highest BCUT2D eigenvalue weighted by Crippen LogP contribution is 2.40. The van der Waals surface area contributed by atoms with Gasteiger partial charge in [0.05, 0.1) is 22.1 Å². The normalized spacial score (nSPS) is 12.3. The first-order chi connectivity index (χ1) is 28.0. The molecule has 5 nitrogen and oxygen atoms in total. The quantitative estimate of drug-likeness (QED) is 0.176. The van der Waals surface area contributed by atoms with Crippen LogP contribution in [0.3, 0.4) is 0 Å². The molecule has 5 heteroatoms. The predicted octanol–water partition coefficient (Wildman–Crippen LogP) is 13.7. The molecule has 0 N–H and O–H groups in total. The Morgan fingerprint density at radius 1 is 0.345 bits per heavy atom. The van der Waals surface area contributed by atoms with E-state index < -0.39 is 0 Å². The minimum Gasteiger partial charge on any atom is -0.309 e. The molecule has 282 valence electrons. The van der Waals surface area contributed by atoms with E-state index in [0.717, 1.165) is 38.8 Å². The number of aromatic nitrogens is 5. The van der Waals surface area contributed by atoms with Gasteiger partial charge in [0.1, 0.15) is 0 Å². The van der Waals surface area contributed by atoms with E-state index in [2.05, 4.69) is 178 Å². The molecule has 0 aliphatic carbocycles. The molecule has 3 heterocycles. The zero-order valence-corrected chi connectivity index (χ0v) is 33.8. The zero-order chi connectivity index (χ0) is 39.8. The first-order valence-electron chi connectivity index (χ1n) is 20.1. The van der Waals surface area contributed by atoms with Crippen LogP contribution in [0.5, 0.6) is 0 Å². The molecule has 58 heavy (non-hydrogen) atoms. The van der Waals surface area contributed by atoms with Crippen LogP contribution < -0.4 is 0 Å². The third-order valence-electron chi connectivity index (χ3n) is 11.5. The van der Waals surface area contributed by atoms with Crippen molar-refractivity contribution < 1.29 is 0 Å². The lowest BCUT2D eigenvalue weighted by molar-refractivity contribution is 0.591. The molecule has 0 spiro atoms. The van der Waals surface area contributed by atoms with Crippen molar-refractivity contribution in [2.24, 2.45) is 0 Å². The third-order valence-corrected chi connectivity index (χ3v) is 11.5. The van der Waals surface area contributed by atoms with Crippen molar-refractivity contribution in [3.63, 3.8) is 0 Å². The lowest BCUT2D eigenvalue weighted by atomic mass is 9.86. The average molecular weight is 752 g/mol. The summed E-state index contributed by atoms with van der Waals surface area (Å²) in [4.78, 5) is 15.3. The van der Waals surface area contributed by atoms with Gasteiger partial charge >= 0.3 is 0 Å². The molecule has 0 atom stereocenters. The van der Waals surface area contributed by atoms with E-state index in [1.807, 2.05) is 36.4 Å². The van der Waals surface area contributed by atoms with Crippen LogP contribution in [0, 0.1) is 0 Å². The van der Waals surface area contributed by atoms with Crippen molar-refractivity contribution >= 4 is 43.6 Å². The fourth-order valence-corrected chi connectivity index (χ4v) is 8.31. The van der Waals surface area contributed by atoms with E-state index in [-0.39, 0.29) is 10.8 Å². The van der Waals surface area contributed by atoms with Gasteiger partial charge in [-0.25, -0.2) is 4.98 Å². The molecule has 10 rings (SSSR count). The second-order valence-corrected chi connectivity index (χ2v) is 17.4. The summed E-state index contributed by atoms with van der Waals surface area (Å²) in [5.74, 6) is 1.87. The van der Waals surface area contributed by atoms with E-state index in [0.29, 0.717) is 17.6 Å². The van der Waals surface area contributed by atoms with Crippen LogP contribution in [0.2, 0.25) is 0 Å². The number of benzene rings is 7. The van der Waals surface area contributed by atoms with Gasteiger partial charge in [-0.1, -0.05) is 145 Å². The second kappa shape index (κ2) is 13.4. The molecule has 0 aliphatic heterocycles. The topological polar surface area (TPSA) is 48.5 Å². The number of fused-ring (bicyclic) bond motifs is 6. The maximum absolute atomic E-state index is 5.18. The molecular weight excluding hydrogens is 707 g/mol. The Balaban J connectivity index is 1.21. The standard InChI is InChI=1S/C53H45N5/c1-52(2,3)38-24-28-46-43(32-38)41-30-36(22-26-45(41)57(46)40-20-14-9-15-21-40)37-23-27-47-42(31-37)44-33-39(53(4,5)6)25-29-48(44)58(47)51-55-49(34-16-10-7-11-17-34)54-50(56-51)35-18-12-8-13-19-35/h7-33H,1-6H3. The molecule has 3 aromatic heterocycles. The molecule has 0 saturated carbocycles. The molecule has 7 aromatic carbocycles. The summed E-state index contributed by atoms with van der Waals surface area (Å²) >= 11 is 0. The maximum Gasteiger partial charge on any atom is 0.238 e. The molecule has 0 radical (unpaired) electrons. The highest BCUT2D eigenvalue weighted by atomic mass is 15.2. The van der Waals surface area contributed by atoms with Gasteiger partial charge in [0.2, 0.25) is 5.95 Å². The number of nitrogens with zero attached hydrogens (tertiary/aromatic N) is 5. The van der Waals surface area contributed by atoms with Crippen molar-refractivity contribution in [3.8, 4) is 45.5 Å². The van der Waals surface area contributed by atoms with Crippen molar-refractivity contribution in [1.82, 2.24) is 24.1 Å². The third kappa shape index (κ3) is 6.06. The Kier molecular flexibility index (Phi) is 8.20. The van der Waals surface area contributed by atoms with E-state index >= 15 is 0 Å². The first-order valence-corrected chi connectivity index (χ1v) is 20.1. The fraction of sp³-hybridized carbons (Fsp3) is 0.151. The summed E-state index contributed by atoms with van der Waals surface area (Å²) in [6.45, 7) is 13.7. The zero-order valence-electron chi connectivity index (χ0n) is 33.8. The fourth-order valence-electron chi connectivity index (χ4n) is 8.31. The van der Waals surface area contributed by atoms with E-state index in [9.17, 15) is 0 Å². The Labute approximate surface area is 339 Å². The summed E-state index contributed by atoms with van der Waals surface area (Å²) in [5, 5.41) is 4.83. The van der Waals surface area contributed by atoms with Crippen molar-refractivity contribution in [2.75, 3.05) is 0 Å². The van der Waals surface area contributed by atoms with Crippen LogP contribution in [0.15, 0.2) is 164 Å². The Morgan fingerprint density at radius 3 is 1.16 bits per heavy atom. The second-order valence-electron chi connectivity index (χ2n) is 17.4. The van der Waals surface area contributed by atoms with Crippen molar-refractivity contribution in [2.45, 2.75) is 52.4 Å². The van der Waals surface area contributed by atoms with Gasteiger partial charge < -0.3 is 4.57 Å². The summed E-state index contributed by atoms with van der Waals surface area (Å²) in [6, 6.07) is 58.7. The van der Waals surface area contributed by atoms with Crippen LogP contribution in [-0.2, 0) is 10.8 Å². The molecule has 10 aromatic rings. The Hall–Kier alpha value is -6.85. The highest BCUT2D eigenvalue weighted by molar-refractivity contribution is 6.13. The van der Waals surface area contributed by atoms with E-state index in [1.54, 1.807) is 0 Å². The van der Waals surface area contributed by atoms with Crippen LogP contribution in [-0.4, -0.2) is 24.1 Å². The van der Waals surface area contributed by atoms with Gasteiger partial charge in [0.15, 0.2) is 11.6 Å². The molecule has 0 amide bonds. The van der Waals surface area contributed by atoms with Crippen LogP contribution in [0.4, 0.5) is 0 Å². The first kappa shape index (κ1) is 35.6. The predicted molar refractivity (Wildman–Crippen MR) is 242 cm³/mol. The van der Waals surface area contributed by atoms with Gasteiger partial charge in [-0.15, -0.1) is 0 Å². The molecule has 0 bridgehead atoms. The van der Waals surface area contributed by atoms with Crippen LogP contribution in [0.1, 0.15) is 52.7 Å². The molecular formula is C53H45N5. The van der Waals surface area contributed by atoms with E-state index in [4.69, 9.17) is 15.0 Å². The minimum atomic E-state index is -0.0295. The lowest BCUT2D eigenvalue weighted by Gasteiger charge is -2.19. The minimum absolute atomic E-state index is 0.0282. The van der Waals surface area contributed by atoms with Crippen LogP contribution in [0.25, 0.3) is 89.2 Å². The summed E-state index contributed by atoms with van der Waals surface area (Å²) in [6.07, 6.45) is 0. The monoisotopic (exact) mass is 751 g/mol. The SMILES string of the molecule is CC(C)(C)c1ccc2c(c1)c1cc(-c3ccc4c(c3)c3cc(C(C)(C)C)ccc3n4-c3nc(-c4ccccc4)nc(-c4ccccc4)n3)ccc1n2-c1ccccc1. The van der Waals surface area contributed by atoms with Gasteiger partial charge in [0, 0.05) is 38.4 Å². The number of hydrogen-bond donors (Lipinski definition) is 0. The molecule has 0 fully saturated rings. The molecule has 0 aliphatic rings. The smallest absolute Gasteiger partial charge is 0.238 e. The summed E-state index contributed by atoms with van der Waals surface area (Å²) in [5.41, 5.74) is 12.5. The average Bonchev–Trinajstić information content (AvgIpc) is 3.75. The maximum atomic E-state index is 5.18. The van der Waals surface area contributed by atoms with Gasteiger partial charge in [-0.3, -0.25) is 4.57 Å². The number of rotatable bonds is 5. The van der Waals surface area contributed by atoms with Gasteiger partial charge in [-0.05, 0) is 93.7 Å². The number of para-hydroxylation sites is 1. The van der Waals surface area contributed by atoms with E-state index in [1.165, 1.54) is 43.9 Å². The van der Waals surface area contributed by atoms with Crippen molar-refractivity contribution in [3.05, 3.63) is 175 Å². The largest absolute Gasteiger partial charge is 0.309 e. The summed E-state index contributed by atoms with van der Waals surface area (Å²) in [7, 11) is 0. The van der Waals surface area contributed by atoms with Gasteiger partial charge in [-0.2, -0.15) is 9.97 Å². The highest BCUT2D eigenvalue weighted by Gasteiger charge is 2.23. The Bertz CT molecular complexity index is 3100. The summed E-state index contributed by atoms with van der Waals surface area (Å²) < 4.78 is 4.61. The van der Waals surface area contributed by atoms with Crippen LogP contribution >= 0.6 is 0 Å².